The third kappa shape index (κ3) is 16.1. The molecule has 5 amide bonds. The molecule has 20 nitrogen and oxygen atoms in total. The zero-order valence-electron chi connectivity index (χ0n) is 41.0. The van der Waals surface area contributed by atoms with Gasteiger partial charge in [0.2, 0.25) is 5.78 Å². The Bertz CT molecular complexity index is 3030. The molecule has 5 aromatic carbocycles. The Morgan fingerprint density at radius 2 is 1.29 bits per heavy atom. The third-order valence-corrected chi connectivity index (χ3v) is 12.0. The van der Waals surface area contributed by atoms with Crippen molar-refractivity contribution >= 4 is 93.6 Å². The molecule has 0 saturated carbocycles. The Balaban J connectivity index is 0.00000115. The summed E-state index contributed by atoms with van der Waals surface area (Å²) in [4.78, 5) is 84.0. The van der Waals surface area contributed by atoms with Crippen molar-refractivity contribution in [3.05, 3.63) is 153 Å². The molecule has 400 valence electrons. The predicted octanol–water partition coefficient (Wildman–Crippen LogP) is 8.15. The molecule has 0 atom stereocenters. The number of carbonyl (C=O) groups excluding carboxylic acids is 5. The average molecular weight is 1080 g/mol. The maximum Gasteiger partial charge on any atom is 0.490 e. The summed E-state index contributed by atoms with van der Waals surface area (Å²) in [6, 6.07) is 31.8. The van der Waals surface area contributed by atoms with Crippen LogP contribution in [0.3, 0.4) is 0 Å². The fourth-order valence-electron chi connectivity index (χ4n) is 7.36. The average Bonchev–Trinajstić information content (AvgIpc) is 4.23. The van der Waals surface area contributed by atoms with Gasteiger partial charge in [0.1, 0.15) is 17.2 Å². The van der Waals surface area contributed by atoms with E-state index in [0.29, 0.717) is 53.6 Å². The number of amidine groups is 2. The topological polar surface area (TPSA) is 282 Å². The van der Waals surface area contributed by atoms with E-state index in [1.165, 1.54) is 18.2 Å². The highest BCUT2D eigenvalue weighted by molar-refractivity contribution is 8.08. The van der Waals surface area contributed by atoms with Crippen molar-refractivity contribution < 1.29 is 61.6 Å². The van der Waals surface area contributed by atoms with E-state index in [1.54, 1.807) is 55.5 Å². The fraction of sp³-hybridized carbons (Fsp3) is 0.208. The number of urea groups is 2. The molecule has 3 aliphatic rings. The number of phenols is 1. The van der Waals surface area contributed by atoms with Crippen LogP contribution in [0.5, 0.6) is 11.5 Å². The van der Waals surface area contributed by atoms with Crippen LogP contribution in [0.15, 0.2) is 141 Å². The first-order valence-electron chi connectivity index (χ1n) is 23.8. The van der Waals surface area contributed by atoms with Crippen molar-refractivity contribution in [2.45, 2.75) is 25.9 Å². The number of unbranched alkanes of at least 4 members (excludes halogenated alkanes) is 1. The van der Waals surface area contributed by atoms with Gasteiger partial charge in [-0.05, 0) is 122 Å². The molecule has 8 rings (SSSR count). The number of nitrogens with one attached hydrogen (secondary N) is 8. The zero-order chi connectivity index (χ0) is 54.9. The molecule has 3 heterocycles. The fourth-order valence-corrected chi connectivity index (χ4v) is 8.42. The van der Waals surface area contributed by atoms with Gasteiger partial charge < -0.3 is 62.2 Å². The molecule has 0 fully saturated rings. The number of allylic oxidation sites excluding steroid dienone is 1. The van der Waals surface area contributed by atoms with Crippen LogP contribution in [-0.4, -0.2) is 110 Å². The van der Waals surface area contributed by atoms with E-state index in [4.69, 9.17) is 19.4 Å². The lowest BCUT2D eigenvalue weighted by Gasteiger charge is -2.14. The summed E-state index contributed by atoms with van der Waals surface area (Å²) in [7, 11) is 0. The number of anilines is 5. The Morgan fingerprint density at radius 1 is 0.727 bits per heavy atom. The minimum Gasteiger partial charge on any atom is -0.504 e. The first kappa shape index (κ1) is 55.4. The van der Waals surface area contributed by atoms with Gasteiger partial charge in [-0.3, -0.25) is 19.6 Å². The maximum atomic E-state index is 13.5. The minimum atomic E-state index is -5.08. The Hall–Kier alpha value is -9.32. The van der Waals surface area contributed by atoms with Crippen LogP contribution in [0.25, 0.3) is 6.08 Å². The Morgan fingerprint density at radius 3 is 1.79 bits per heavy atom. The highest BCUT2D eigenvalue weighted by atomic mass is 32.2. The van der Waals surface area contributed by atoms with Crippen LogP contribution >= 0.6 is 11.8 Å². The highest BCUT2D eigenvalue weighted by Crippen LogP contribution is 2.41. The molecule has 10 N–H and O–H groups in total. The first-order chi connectivity index (χ1) is 37.0. The smallest absolute Gasteiger partial charge is 0.490 e. The lowest BCUT2D eigenvalue weighted by Crippen LogP contribution is -2.26. The number of amides is 5. The monoisotopic (exact) mass is 1080 g/mol. The molecule has 3 aliphatic heterocycles. The number of aromatic hydroxyl groups is 1. The molecular weight excluding hydrogens is 1030 g/mol. The number of aliphatic carboxylic acids is 1. The number of rotatable bonds is 18. The Labute approximate surface area is 442 Å². The van der Waals surface area contributed by atoms with Crippen LogP contribution in [0.1, 0.15) is 46.8 Å². The van der Waals surface area contributed by atoms with Crippen molar-refractivity contribution in [1.29, 1.82) is 0 Å². The molecule has 77 heavy (non-hydrogen) atoms. The van der Waals surface area contributed by atoms with Gasteiger partial charge in [-0.25, -0.2) is 19.2 Å². The maximum absolute atomic E-state index is 13.5. The van der Waals surface area contributed by atoms with E-state index >= 15 is 0 Å². The number of ketones is 1. The number of ether oxygens (including phenoxy) is 2. The molecule has 0 unspecified atom stereocenters. The summed E-state index contributed by atoms with van der Waals surface area (Å²) < 4.78 is 42.7. The number of phenolic OH excluding ortho intramolecular Hbond substituents is 1. The summed E-state index contributed by atoms with van der Waals surface area (Å²) in [6.45, 7) is 5.23. The van der Waals surface area contributed by atoms with E-state index < -0.39 is 41.9 Å². The number of aliphatic imine (C=N–C) groups is 2. The lowest BCUT2D eigenvalue weighted by molar-refractivity contribution is -0.192. The number of Topliss-reactive ketones (excluding diaryl/α,β-unsaturated/α-hetero) is 1. The minimum absolute atomic E-state index is 0.0904. The van der Waals surface area contributed by atoms with Crippen molar-refractivity contribution in [2.75, 3.05) is 72.5 Å². The number of benzene rings is 5. The van der Waals surface area contributed by atoms with Crippen molar-refractivity contribution in [3.8, 4) is 11.5 Å². The third-order valence-electron chi connectivity index (χ3n) is 10.9. The van der Waals surface area contributed by atoms with Crippen molar-refractivity contribution in [3.63, 3.8) is 0 Å². The molecule has 0 aliphatic carbocycles. The number of halogens is 3. The van der Waals surface area contributed by atoms with Crippen LogP contribution in [-0.2, 0) is 19.1 Å². The molecule has 5 aromatic rings. The van der Waals surface area contributed by atoms with Crippen molar-refractivity contribution in [2.24, 2.45) is 9.98 Å². The summed E-state index contributed by atoms with van der Waals surface area (Å²) >= 11 is 1.10. The van der Waals surface area contributed by atoms with Crippen LogP contribution in [0, 0.1) is 0 Å². The molecule has 0 radical (unpaired) electrons. The van der Waals surface area contributed by atoms with E-state index in [2.05, 4.69) is 52.5 Å². The van der Waals surface area contributed by atoms with Gasteiger partial charge in [0, 0.05) is 64.8 Å². The van der Waals surface area contributed by atoms with E-state index in [-0.39, 0.29) is 58.7 Å². The summed E-state index contributed by atoms with van der Waals surface area (Å²) in [6.07, 6.45) is -2.46. The molecule has 0 saturated heterocycles. The second kappa shape index (κ2) is 26.3. The largest absolute Gasteiger partial charge is 0.504 e. The van der Waals surface area contributed by atoms with Gasteiger partial charge in [0.05, 0.1) is 36.2 Å². The lowest BCUT2D eigenvalue weighted by atomic mass is 10.1. The standard InChI is InChI=1S/C51H50N10O8S.C2HF3O2/c1-2-68-49(65)43-44(63)42(70-48(43)57-35-8-4-3-5-9-35)27-31-10-19-41(40(62)26-31)69-25-7-6-20-56-47(64)34-28-38(60-50(66)58-36-15-11-32(12-16-36)45-52-21-22-53-45)30-39(29-34)61-51(67)59-37-17-13-33(14-18-37)46-54-23-24-55-46;3-2(4,5)1(6)7/h3-5,8-19,26-30,57,62H,2,6-7,20-25H2,1H3,(H,52,53)(H,54,55)(H,56,64)(H2,58,60,66)(H2,59,61,67);(H,6,7)/b42-27-;. The zero-order valence-corrected chi connectivity index (χ0v) is 41.8. The van der Waals surface area contributed by atoms with Gasteiger partial charge in [-0.15, -0.1) is 0 Å². The predicted molar refractivity (Wildman–Crippen MR) is 287 cm³/mol. The SMILES string of the molecule is CCOC(=O)C1=C(Nc2ccccc2)S/C(=C\c2ccc(OCCCCNC(=O)c3cc(NC(=O)Nc4ccc(C5=NCCN5)cc4)cc(NC(=O)Nc4ccc(C5=NCCN5)cc4)c3)c(O)c2)C1=O.O=C(O)C(F)(F)F. The van der Waals surface area contributed by atoms with Gasteiger partial charge in [-0.2, -0.15) is 13.2 Å². The summed E-state index contributed by atoms with van der Waals surface area (Å²) in [5, 5.41) is 41.9. The second-order valence-corrected chi connectivity index (χ2v) is 17.7. The molecule has 0 bridgehead atoms. The molecular formula is C53H51F3N10O10S. The number of alkyl halides is 3. The quantitative estimate of drug-likeness (QED) is 0.0172. The van der Waals surface area contributed by atoms with Crippen LogP contribution < -0.4 is 47.3 Å². The van der Waals surface area contributed by atoms with E-state index in [9.17, 15) is 42.3 Å². The number of para-hydroxylation sites is 1. The van der Waals surface area contributed by atoms with E-state index in [0.717, 1.165) is 47.6 Å². The van der Waals surface area contributed by atoms with Crippen LogP contribution in [0.2, 0.25) is 0 Å². The van der Waals surface area contributed by atoms with Gasteiger partial charge in [0.25, 0.3) is 5.91 Å². The molecule has 24 heteroatoms. The molecule has 0 aromatic heterocycles. The molecule has 0 spiro atoms. The number of esters is 1. The number of hydrogen-bond acceptors (Lipinski definition) is 15. The van der Waals surface area contributed by atoms with Gasteiger partial charge in [0.15, 0.2) is 11.5 Å². The number of carboxylic acids is 1. The first-order valence-corrected chi connectivity index (χ1v) is 24.6. The number of nitrogens with zero attached hydrogens (tertiary/aromatic N) is 2. The second-order valence-electron chi connectivity index (χ2n) is 16.6. The highest BCUT2D eigenvalue weighted by Gasteiger charge is 2.38. The Kier molecular flexibility index (Phi) is 18.9. The summed E-state index contributed by atoms with van der Waals surface area (Å²) in [5.41, 5.74) is 4.69. The van der Waals surface area contributed by atoms with Crippen LogP contribution in [0.4, 0.5) is 51.2 Å². The normalized spacial score (nSPS) is 14.2. The van der Waals surface area contributed by atoms with E-state index in [1.807, 2.05) is 54.6 Å². The van der Waals surface area contributed by atoms with Crippen molar-refractivity contribution in [1.82, 2.24) is 16.0 Å². The number of thioether (sulfide) groups is 1. The number of carboxylic acid groups (broad SMARTS) is 1. The van der Waals surface area contributed by atoms with Gasteiger partial charge in [-0.1, -0.05) is 36.0 Å². The van der Waals surface area contributed by atoms with Gasteiger partial charge >= 0.3 is 30.2 Å². The number of carbonyl (C=O) groups is 6. The number of hydrogen-bond donors (Lipinski definition) is 10. The summed E-state index contributed by atoms with van der Waals surface area (Å²) in [5.74, 6) is -2.73.